The lowest BCUT2D eigenvalue weighted by Crippen LogP contribution is -2.53. The minimum Gasteiger partial charge on any atom is -0.354 e. The monoisotopic (exact) mass is 617 g/mol. The number of sulfonamides is 1. The maximum atomic E-state index is 14.2. The van der Waals surface area contributed by atoms with Gasteiger partial charge in [0.25, 0.3) is 0 Å². The summed E-state index contributed by atoms with van der Waals surface area (Å²) in [5.74, 6) is -0.855. The van der Waals surface area contributed by atoms with E-state index in [0.717, 1.165) is 34.5 Å². The van der Waals surface area contributed by atoms with Crippen LogP contribution in [0.4, 0.5) is 5.69 Å². The number of rotatable bonds is 13. The molecule has 220 valence electrons. The number of carbonyl (C=O) groups excluding carboxylic acids is 2. The van der Waals surface area contributed by atoms with E-state index in [2.05, 4.69) is 5.32 Å². The summed E-state index contributed by atoms with van der Waals surface area (Å²) in [7, 11) is -3.85. The number of benzene rings is 3. The predicted molar refractivity (Wildman–Crippen MR) is 167 cm³/mol. The van der Waals surface area contributed by atoms with Crippen LogP contribution in [0.15, 0.2) is 66.7 Å². The van der Waals surface area contributed by atoms with Gasteiger partial charge < -0.3 is 10.2 Å². The largest absolute Gasteiger partial charge is 0.354 e. The van der Waals surface area contributed by atoms with E-state index in [1.165, 1.54) is 4.90 Å². The number of amides is 2. The van der Waals surface area contributed by atoms with E-state index >= 15 is 0 Å². The maximum absolute atomic E-state index is 14.2. The van der Waals surface area contributed by atoms with E-state index in [9.17, 15) is 18.0 Å². The Morgan fingerprint density at radius 3 is 2.29 bits per heavy atom. The van der Waals surface area contributed by atoms with Gasteiger partial charge in [0.15, 0.2) is 0 Å². The van der Waals surface area contributed by atoms with Crippen molar-refractivity contribution < 1.29 is 18.0 Å². The second kappa shape index (κ2) is 14.7. The van der Waals surface area contributed by atoms with E-state index in [0.29, 0.717) is 33.4 Å². The van der Waals surface area contributed by atoms with Crippen molar-refractivity contribution in [1.82, 2.24) is 10.2 Å². The van der Waals surface area contributed by atoms with Crippen molar-refractivity contribution in [3.05, 3.63) is 99.0 Å². The second-order valence-corrected chi connectivity index (χ2v) is 12.9. The average molecular weight is 619 g/mol. The molecule has 2 amide bonds. The average Bonchev–Trinajstić information content (AvgIpc) is 2.90. The Hall–Kier alpha value is -3.07. The van der Waals surface area contributed by atoms with Gasteiger partial charge in [0.2, 0.25) is 21.8 Å². The summed E-state index contributed by atoms with van der Waals surface area (Å²) in [4.78, 5) is 29.2. The van der Waals surface area contributed by atoms with Crippen LogP contribution in [0.3, 0.4) is 0 Å². The van der Waals surface area contributed by atoms with Gasteiger partial charge in [-0.3, -0.25) is 13.9 Å². The number of carbonyl (C=O) groups is 2. The molecule has 0 bridgehead atoms. The molecule has 1 N–H and O–H groups in total. The molecule has 7 nitrogen and oxygen atoms in total. The summed E-state index contributed by atoms with van der Waals surface area (Å²) < 4.78 is 27.1. The molecular weight excluding hydrogens is 581 g/mol. The van der Waals surface area contributed by atoms with Gasteiger partial charge in [0.1, 0.15) is 12.6 Å². The molecule has 1 atom stereocenters. The van der Waals surface area contributed by atoms with E-state index in [-0.39, 0.29) is 18.9 Å². The zero-order valence-electron chi connectivity index (χ0n) is 23.9. The number of anilines is 1. The molecule has 0 aromatic heterocycles. The van der Waals surface area contributed by atoms with Crippen LogP contribution in [0.5, 0.6) is 0 Å². The minimum absolute atomic E-state index is 0.0159. The highest BCUT2D eigenvalue weighted by Crippen LogP contribution is 2.27. The molecule has 3 aromatic carbocycles. The summed E-state index contributed by atoms with van der Waals surface area (Å²) in [5, 5.41) is 3.74. The molecule has 3 rings (SSSR count). The van der Waals surface area contributed by atoms with Crippen LogP contribution in [0, 0.1) is 13.8 Å². The maximum Gasteiger partial charge on any atom is 0.244 e. The lowest BCUT2D eigenvalue weighted by atomic mass is 10.0. The van der Waals surface area contributed by atoms with Gasteiger partial charge in [-0.05, 0) is 55.2 Å². The van der Waals surface area contributed by atoms with E-state index in [4.69, 9.17) is 23.2 Å². The van der Waals surface area contributed by atoms with Gasteiger partial charge in [0, 0.05) is 29.6 Å². The Morgan fingerprint density at radius 2 is 1.68 bits per heavy atom. The second-order valence-electron chi connectivity index (χ2n) is 10.2. The van der Waals surface area contributed by atoms with Crippen LogP contribution in [-0.4, -0.2) is 50.5 Å². The van der Waals surface area contributed by atoms with Crippen LogP contribution in [0.25, 0.3) is 0 Å². The first-order chi connectivity index (χ1) is 19.4. The normalized spacial score (nSPS) is 12.0. The van der Waals surface area contributed by atoms with Gasteiger partial charge in [0.05, 0.1) is 11.9 Å². The van der Waals surface area contributed by atoms with Gasteiger partial charge >= 0.3 is 0 Å². The van der Waals surface area contributed by atoms with E-state index in [1.54, 1.807) is 37.3 Å². The van der Waals surface area contributed by atoms with Crippen molar-refractivity contribution in [2.75, 3.05) is 23.7 Å². The molecule has 0 aliphatic rings. The molecule has 10 heteroatoms. The lowest BCUT2D eigenvalue weighted by molar-refractivity contribution is -0.140. The Labute approximate surface area is 253 Å². The quantitative estimate of drug-likeness (QED) is 0.241. The SMILES string of the molecule is CCCCNC(=O)C(Cc1ccccc1)N(Cc1ccc(Cl)cc1Cl)C(=O)CN(c1ccc(C)cc1C)S(C)(=O)=O. The minimum atomic E-state index is -3.85. The number of nitrogens with one attached hydrogen (secondary N) is 1. The first kappa shape index (κ1) is 32.4. The molecule has 0 radical (unpaired) electrons. The van der Waals surface area contributed by atoms with Crippen molar-refractivity contribution in [2.45, 2.75) is 52.6 Å². The molecular formula is C31H37Cl2N3O4S. The fourth-order valence-electron chi connectivity index (χ4n) is 4.57. The Balaban J connectivity index is 2.08. The highest BCUT2D eigenvalue weighted by atomic mass is 35.5. The Morgan fingerprint density at radius 1 is 0.976 bits per heavy atom. The third kappa shape index (κ3) is 9.21. The third-order valence-corrected chi connectivity index (χ3v) is 8.47. The fourth-order valence-corrected chi connectivity index (χ4v) is 5.95. The number of hydrogen-bond donors (Lipinski definition) is 1. The molecule has 1 unspecified atom stereocenters. The van der Waals surface area contributed by atoms with Gasteiger partial charge in [-0.25, -0.2) is 8.42 Å². The molecule has 0 heterocycles. The molecule has 3 aromatic rings. The number of unbranched alkanes of at least 4 members (excludes halogenated alkanes) is 1. The number of nitrogens with zero attached hydrogens (tertiary/aromatic N) is 2. The zero-order chi connectivity index (χ0) is 30.2. The molecule has 0 fully saturated rings. The first-order valence-corrected chi connectivity index (χ1v) is 16.1. The van der Waals surface area contributed by atoms with Crippen LogP contribution in [0.2, 0.25) is 10.0 Å². The number of hydrogen-bond acceptors (Lipinski definition) is 4. The van der Waals surface area contributed by atoms with Crippen LogP contribution in [-0.2, 0) is 32.6 Å². The molecule has 41 heavy (non-hydrogen) atoms. The van der Waals surface area contributed by atoms with E-state index < -0.39 is 28.5 Å². The van der Waals surface area contributed by atoms with Gasteiger partial charge in [-0.15, -0.1) is 0 Å². The van der Waals surface area contributed by atoms with Crippen molar-refractivity contribution in [2.24, 2.45) is 0 Å². The summed E-state index contributed by atoms with van der Waals surface area (Å²) in [6.07, 6.45) is 2.98. The fraction of sp³-hybridized carbons (Fsp3) is 0.355. The molecule has 0 spiro atoms. The van der Waals surface area contributed by atoms with Crippen molar-refractivity contribution >= 4 is 50.7 Å². The van der Waals surface area contributed by atoms with Crippen LogP contribution >= 0.6 is 23.2 Å². The molecule has 0 saturated heterocycles. The Bertz CT molecular complexity index is 1470. The topological polar surface area (TPSA) is 86.8 Å². The summed E-state index contributed by atoms with van der Waals surface area (Å²) in [5.41, 5.74) is 3.53. The number of aryl methyl sites for hydroxylation is 2. The van der Waals surface area contributed by atoms with E-state index in [1.807, 2.05) is 50.2 Å². The molecule has 0 aliphatic heterocycles. The standard InChI is InChI=1S/C31H37Cl2N3O4S/c1-5-6-16-34-31(38)29(18-24-10-8-7-9-11-24)35(20-25-13-14-26(32)19-27(25)33)30(37)21-36(41(4,39)40)28-15-12-22(2)17-23(28)3/h7-15,17,19,29H,5-6,16,18,20-21H2,1-4H3,(H,34,38). The third-order valence-electron chi connectivity index (χ3n) is 6.76. The summed E-state index contributed by atoms with van der Waals surface area (Å²) >= 11 is 12.6. The van der Waals surface area contributed by atoms with Crippen molar-refractivity contribution in [3.63, 3.8) is 0 Å². The predicted octanol–water partition coefficient (Wildman–Crippen LogP) is 5.93. The van der Waals surface area contributed by atoms with Crippen LogP contribution in [0.1, 0.15) is 42.0 Å². The number of halogens is 2. The highest BCUT2D eigenvalue weighted by molar-refractivity contribution is 7.92. The first-order valence-electron chi connectivity index (χ1n) is 13.5. The summed E-state index contributed by atoms with van der Waals surface area (Å²) in [6.45, 7) is 5.70. The lowest BCUT2D eigenvalue weighted by Gasteiger charge is -2.34. The van der Waals surface area contributed by atoms with Crippen molar-refractivity contribution in [3.8, 4) is 0 Å². The van der Waals surface area contributed by atoms with Crippen LogP contribution < -0.4 is 9.62 Å². The molecule has 0 saturated carbocycles. The van der Waals surface area contributed by atoms with Gasteiger partial charge in [-0.2, -0.15) is 0 Å². The van der Waals surface area contributed by atoms with Gasteiger partial charge in [-0.1, -0.05) is 90.6 Å². The smallest absolute Gasteiger partial charge is 0.244 e. The summed E-state index contributed by atoms with van der Waals surface area (Å²) in [6, 6.07) is 18.8. The highest BCUT2D eigenvalue weighted by Gasteiger charge is 2.33. The Kier molecular flexibility index (Phi) is 11.6. The zero-order valence-corrected chi connectivity index (χ0v) is 26.2. The molecule has 0 aliphatic carbocycles. The van der Waals surface area contributed by atoms with Crippen molar-refractivity contribution in [1.29, 1.82) is 0 Å².